The first-order valence-corrected chi connectivity index (χ1v) is 9.77. The molecule has 0 spiro atoms. The third-order valence-electron chi connectivity index (χ3n) is 5.26. The second kappa shape index (κ2) is 7.14. The minimum Gasteiger partial charge on any atom is -0.449 e. The van der Waals surface area contributed by atoms with Gasteiger partial charge < -0.3 is 9.64 Å². The highest BCUT2D eigenvalue weighted by atomic mass is 32.1. The lowest BCUT2D eigenvalue weighted by atomic mass is 9.74. The number of nitrogens with one attached hydrogen (secondary N) is 1. The largest absolute Gasteiger partial charge is 0.449 e. The minimum atomic E-state index is -0.403. The molecule has 2 bridgehead atoms. The number of thiazole rings is 1. The third-order valence-corrected chi connectivity index (χ3v) is 6.13. The fraction of sp³-hybridized carbons (Fsp3) is 0.474. The highest BCUT2D eigenvalue weighted by Gasteiger charge is 2.39. The summed E-state index contributed by atoms with van der Waals surface area (Å²) in [5.41, 5.74) is 2.95. The van der Waals surface area contributed by atoms with E-state index in [0.717, 1.165) is 29.8 Å². The number of hydrogen-bond donors (Lipinski definition) is 1. The molecule has 1 aromatic heterocycles. The molecule has 0 unspecified atom stereocenters. The molecule has 5 nitrogen and oxygen atoms in total. The predicted octanol–water partition coefficient (Wildman–Crippen LogP) is 4.23. The number of ether oxygens (including phenoxy) is 1. The van der Waals surface area contributed by atoms with Crippen LogP contribution in [-0.4, -0.2) is 42.2 Å². The van der Waals surface area contributed by atoms with Gasteiger partial charge in [0.05, 0.1) is 10.4 Å². The highest BCUT2D eigenvalue weighted by molar-refractivity contribution is 7.13. The van der Waals surface area contributed by atoms with Crippen LogP contribution in [0, 0.1) is 5.41 Å². The first-order valence-electron chi connectivity index (χ1n) is 8.89. The third kappa shape index (κ3) is 3.70. The summed E-state index contributed by atoms with van der Waals surface area (Å²) in [6, 6.07) is 9.97. The number of anilines is 1. The van der Waals surface area contributed by atoms with Crippen LogP contribution in [0.5, 0.6) is 0 Å². The molecule has 25 heavy (non-hydrogen) atoms. The molecule has 2 saturated heterocycles. The average Bonchev–Trinajstić information content (AvgIpc) is 3.09. The number of hydrogen-bond acceptors (Lipinski definition) is 5. The van der Waals surface area contributed by atoms with Crippen molar-refractivity contribution in [3.8, 4) is 10.4 Å². The molecule has 3 heterocycles. The van der Waals surface area contributed by atoms with E-state index in [1.54, 1.807) is 5.51 Å². The molecule has 1 aromatic carbocycles. The molecule has 132 valence electrons. The lowest BCUT2D eigenvalue weighted by Gasteiger charge is -2.46. The first-order chi connectivity index (χ1) is 12.2. The number of aromatic nitrogens is 1. The van der Waals surface area contributed by atoms with Gasteiger partial charge in [-0.15, -0.1) is 11.3 Å². The Labute approximate surface area is 152 Å². The molecular formula is C19H23N3O2S. The zero-order valence-electron chi connectivity index (χ0n) is 14.2. The van der Waals surface area contributed by atoms with Gasteiger partial charge in [0.1, 0.15) is 6.61 Å². The molecule has 1 amide bonds. The number of carbonyl (C=O) groups is 1. The summed E-state index contributed by atoms with van der Waals surface area (Å²) in [5.74, 6) is 0.576. The molecular weight excluding hydrogens is 334 g/mol. The van der Waals surface area contributed by atoms with Crippen molar-refractivity contribution in [3.63, 3.8) is 0 Å². The van der Waals surface area contributed by atoms with Gasteiger partial charge in [-0.25, -0.2) is 9.78 Å². The summed E-state index contributed by atoms with van der Waals surface area (Å²) in [6.45, 7) is 3.94. The van der Waals surface area contributed by atoms with Crippen molar-refractivity contribution >= 4 is 23.2 Å². The quantitative estimate of drug-likeness (QED) is 0.889. The number of piperidine rings is 2. The Morgan fingerprint density at radius 1 is 1.24 bits per heavy atom. The van der Waals surface area contributed by atoms with E-state index in [2.05, 4.69) is 15.2 Å². The zero-order chi connectivity index (χ0) is 17.1. The molecule has 2 fully saturated rings. The Morgan fingerprint density at radius 3 is 2.76 bits per heavy atom. The van der Waals surface area contributed by atoms with Crippen molar-refractivity contribution in [2.75, 3.05) is 31.6 Å². The maximum atomic E-state index is 12.3. The Kier molecular flexibility index (Phi) is 4.72. The maximum Gasteiger partial charge on any atom is 0.412 e. The van der Waals surface area contributed by atoms with Gasteiger partial charge in [-0.2, -0.15) is 0 Å². The van der Waals surface area contributed by atoms with Crippen LogP contribution >= 0.6 is 11.3 Å². The summed E-state index contributed by atoms with van der Waals surface area (Å²) < 4.78 is 5.61. The van der Waals surface area contributed by atoms with E-state index in [4.69, 9.17) is 4.74 Å². The van der Waals surface area contributed by atoms with Crippen LogP contribution in [0.4, 0.5) is 10.6 Å². The fourth-order valence-corrected chi connectivity index (χ4v) is 4.80. The lowest BCUT2D eigenvalue weighted by Crippen LogP contribution is -2.50. The highest BCUT2D eigenvalue weighted by Crippen LogP contribution is 2.38. The van der Waals surface area contributed by atoms with Crippen LogP contribution < -0.4 is 5.32 Å². The Hall–Kier alpha value is -1.92. The summed E-state index contributed by atoms with van der Waals surface area (Å²) in [6.07, 6.45) is 4.32. The van der Waals surface area contributed by atoms with Gasteiger partial charge in [0.15, 0.2) is 5.82 Å². The first kappa shape index (κ1) is 16.5. The lowest BCUT2D eigenvalue weighted by molar-refractivity contribution is -0.0102. The van der Waals surface area contributed by atoms with E-state index in [1.165, 1.54) is 37.3 Å². The van der Waals surface area contributed by atoms with Gasteiger partial charge in [-0.3, -0.25) is 5.32 Å². The van der Waals surface area contributed by atoms with Crippen molar-refractivity contribution in [3.05, 3.63) is 35.8 Å². The fourth-order valence-electron chi connectivity index (χ4n) is 4.05. The van der Waals surface area contributed by atoms with Gasteiger partial charge in [0.25, 0.3) is 0 Å². The zero-order valence-corrected chi connectivity index (χ0v) is 15.1. The number of nitrogens with zero attached hydrogens (tertiary/aromatic N) is 2. The van der Waals surface area contributed by atoms with Crippen LogP contribution in [0.15, 0.2) is 35.8 Å². The number of carbonyl (C=O) groups excluding carboxylic acids is 1. The minimum absolute atomic E-state index is 0.151. The van der Waals surface area contributed by atoms with Crippen molar-refractivity contribution < 1.29 is 9.53 Å². The molecule has 2 aliphatic heterocycles. The Balaban J connectivity index is 1.38. The summed E-state index contributed by atoms with van der Waals surface area (Å²) in [7, 11) is 0. The normalized spacial score (nSPS) is 25.4. The van der Waals surface area contributed by atoms with Gasteiger partial charge in [-0.1, -0.05) is 30.3 Å². The molecule has 2 aromatic rings. The second-order valence-corrected chi connectivity index (χ2v) is 7.94. The van der Waals surface area contributed by atoms with Gasteiger partial charge in [-0.05, 0) is 44.3 Å². The average molecular weight is 357 g/mol. The second-order valence-electron chi connectivity index (χ2n) is 7.08. The maximum absolute atomic E-state index is 12.3. The summed E-state index contributed by atoms with van der Waals surface area (Å²) in [4.78, 5) is 20.1. The monoisotopic (exact) mass is 357 g/mol. The molecule has 0 atom stereocenters. The summed E-state index contributed by atoms with van der Waals surface area (Å²) >= 11 is 1.52. The van der Waals surface area contributed by atoms with Gasteiger partial charge in [0.2, 0.25) is 0 Å². The Bertz CT molecular complexity index is 721. The predicted molar refractivity (Wildman–Crippen MR) is 99.9 cm³/mol. The van der Waals surface area contributed by atoms with E-state index >= 15 is 0 Å². The van der Waals surface area contributed by atoms with E-state index in [0.29, 0.717) is 12.4 Å². The Morgan fingerprint density at radius 2 is 2.00 bits per heavy atom. The molecule has 1 N–H and O–H groups in total. The van der Waals surface area contributed by atoms with Crippen LogP contribution in [0.1, 0.15) is 25.7 Å². The molecule has 0 aliphatic carbocycles. The molecule has 4 rings (SSSR count). The van der Waals surface area contributed by atoms with Crippen LogP contribution in [-0.2, 0) is 4.74 Å². The van der Waals surface area contributed by atoms with E-state index in [1.807, 2.05) is 30.3 Å². The van der Waals surface area contributed by atoms with E-state index in [9.17, 15) is 4.79 Å². The standard InChI is InChI=1S/C19H23N3O2S/c23-18(24-13-19-8-4-10-22(12-19)11-5-9-19)21-17-16(25-14-20-17)15-6-2-1-3-7-15/h1-3,6-7,14H,4-5,8-13H2,(H,21,23). The van der Waals surface area contributed by atoms with E-state index in [-0.39, 0.29) is 5.41 Å². The number of amides is 1. The number of rotatable bonds is 4. The summed E-state index contributed by atoms with van der Waals surface area (Å²) in [5, 5.41) is 2.82. The van der Waals surface area contributed by atoms with Crippen molar-refractivity contribution in [1.29, 1.82) is 0 Å². The van der Waals surface area contributed by atoms with Crippen molar-refractivity contribution in [2.24, 2.45) is 5.41 Å². The molecule has 0 saturated carbocycles. The van der Waals surface area contributed by atoms with Gasteiger partial charge in [0, 0.05) is 12.0 Å². The molecule has 6 heteroatoms. The number of fused-ring (bicyclic) bond motifs is 2. The molecule has 2 aliphatic rings. The molecule has 0 radical (unpaired) electrons. The van der Waals surface area contributed by atoms with Crippen LogP contribution in [0.2, 0.25) is 0 Å². The van der Waals surface area contributed by atoms with Crippen LogP contribution in [0.25, 0.3) is 10.4 Å². The topological polar surface area (TPSA) is 54.5 Å². The van der Waals surface area contributed by atoms with Gasteiger partial charge >= 0.3 is 6.09 Å². The number of benzene rings is 1. The smallest absolute Gasteiger partial charge is 0.412 e. The van der Waals surface area contributed by atoms with E-state index < -0.39 is 6.09 Å². The van der Waals surface area contributed by atoms with Crippen LogP contribution in [0.3, 0.4) is 0 Å². The van der Waals surface area contributed by atoms with Crippen molar-refractivity contribution in [2.45, 2.75) is 25.7 Å². The SMILES string of the molecule is O=C(Nc1ncsc1-c1ccccc1)OCC12CCCN(CCC1)C2. The van der Waals surface area contributed by atoms with Crippen molar-refractivity contribution in [1.82, 2.24) is 9.88 Å².